The number of hydrogen-bond donors (Lipinski definition) is 1. The minimum Gasteiger partial charge on any atom is -0.505 e. The van der Waals surface area contributed by atoms with Crippen molar-refractivity contribution >= 4 is 5.69 Å². The fourth-order valence-corrected chi connectivity index (χ4v) is 4.75. The summed E-state index contributed by atoms with van der Waals surface area (Å²) >= 11 is 0. The topological polar surface area (TPSA) is 65.4 Å². The van der Waals surface area contributed by atoms with Crippen LogP contribution in [0, 0.1) is 0 Å². The van der Waals surface area contributed by atoms with Crippen LogP contribution in [-0.2, 0) is 30.5 Å². The Labute approximate surface area is 239 Å². The van der Waals surface area contributed by atoms with Gasteiger partial charge in [-0.05, 0) is 58.9 Å². The molecule has 4 rings (SSSR count). The van der Waals surface area contributed by atoms with E-state index in [9.17, 15) is 5.11 Å². The number of aromatic nitrogens is 3. The first-order valence-corrected chi connectivity index (χ1v) is 14.1. The van der Waals surface area contributed by atoms with Crippen molar-refractivity contribution < 1.29 is 5.11 Å². The van der Waals surface area contributed by atoms with Gasteiger partial charge in [-0.3, -0.25) is 19.9 Å². The highest BCUT2D eigenvalue weighted by molar-refractivity contribution is 5.65. The van der Waals surface area contributed by atoms with Crippen molar-refractivity contribution in [1.29, 1.82) is 0 Å². The van der Waals surface area contributed by atoms with Gasteiger partial charge < -0.3 is 10.0 Å². The van der Waals surface area contributed by atoms with E-state index in [1.165, 1.54) is 5.56 Å². The summed E-state index contributed by atoms with van der Waals surface area (Å²) in [6.07, 6.45) is 5.51. The van der Waals surface area contributed by atoms with Crippen molar-refractivity contribution in [2.24, 2.45) is 0 Å². The average molecular weight is 538 g/mol. The predicted molar refractivity (Wildman–Crippen MR) is 163 cm³/mol. The summed E-state index contributed by atoms with van der Waals surface area (Å²) in [7, 11) is 0. The third kappa shape index (κ3) is 7.89. The molecule has 0 aliphatic carbocycles. The molecule has 6 nitrogen and oxygen atoms in total. The normalized spacial score (nSPS) is 12.1. The van der Waals surface area contributed by atoms with Gasteiger partial charge in [0.15, 0.2) is 0 Å². The number of benzene rings is 1. The molecule has 0 bridgehead atoms. The lowest BCUT2D eigenvalue weighted by atomic mass is 9.79. The molecule has 0 fully saturated rings. The largest absolute Gasteiger partial charge is 0.505 e. The zero-order chi connectivity index (χ0) is 28.8. The summed E-state index contributed by atoms with van der Waals surface area (Å²) in [5, 5.41) is 11.7. The molecule has 0 spiro atoms. The molecule has 0 amide bonds. The first-order chi connectivity index (χ1) is 19.0. The lowest BCUT2D eigenvalue weighted by Crippen LogP contribution is -2.35. The van der Waals surface area contributed by atoms with E-state index in [-0.39, 0.29) is 10.8 Å². The van der Waals surface area contributed by atoms with Gasteiger partial charge in [0.25, 0.3) is 0 Å². The fourth-order valence-electron chi connectivity index (χ4n) is 4.75. The lowest BCUT2D eigenvalue weighted by molar-refractivity contribution is 0.255. The Bertz CT molecular complexity index is 1300. The predicted octanol–water partition coefficient (Wildman–Crippen LogP) is 6.88. The molecular formula is C34H43N5O. The van der Waals surface area contributed by atoms with Crippen LogP contribution in [0.2, 0.25) is 0 Å². The summed E-state index contributed by atoms with van der Waals surface area (Å²) in [5.41, 5.74) is 5.73. The quantitative estimate of drug-likeness (QED) is 0.238. The van der Waals surface area contributed by atoms with Gasteiger partial charge in [-0.15, -0.1) is 0 Å². The van der Waals surface area contributed by atoms with Gasteiger partial charge >= 0.3 is 0 Å². The van der Waals surface area contributed by atoms with Crippen molar-refractivity contribution in [2.45, 2.75) is 72.0 Å². The van der Waals surface area contributed by atoms with Crippen LogP contribution in [0.4, 0.5) is 5.69 Å². The Balaban J connectivity index is 1.71. The van der Waals surface area contributed by atoms with Crippen LogP contribution >= 0.6 is 0 Å². The molecule has 0 aliphatic rings. The SMILES string of the molecule is CC(C)(C)c1cc(N(CCN(Cc2ccccn2)Cc2ccccn2)Cc2ccccn2)c(O)c(C(C)(C)C)c1. The first kappa shape index (κ1) is 29.2. The highest BCUT2D eigenvalue weighted by Gasteiger charge is 2.27. The number of rotatable bonds is 10. The number of phenolic OH excluding ortho intramolecular Hbond substituents is 1. The zero-order valence-corrected chi connectivity index (χ0v) is 24.8. The second kappa shape index (κ2) is 12.6. The summed E-state index contributed by atoms with van der Waals surface area (Å²) in [6.45, 7) is 16.6. The van der Waals surface area contributed by atoms with E-state index in [0.29, 0.717) is 31.9 Å². The third-order valence-corrected chi connectivity index (χ3v) is 7.09. The van der Waals surface area contributed by atoms with Crippen LogP contribution in [0.1, 0.15) is 69.8 Å². The second-order valence-corrected chi connectivity index (χ2v) is 12.5. The monoisotopic (exact) mass is 537 g/mol. The smallest absolute Gasteiger partial charge is 0.142 e. The van der Waals surface area contributed by atoms with Gasteiger partial charge in [-0.1, -0.05) is 65.8 Å². The number of nitrogens with zero attached hydrogens (tertiary/aromatic N) is 5. The van der Waals surface area contributed by atoms with Crippen molar-refractivity contribution in [1.82, 2.24) is 19.9 Å². The van der Waals surface area contributed by atoms with Gasteiger partial charge in [0.05, 0.1) is 29.3 Å². The van der Waals surface area contributed by atoms with E-state index in [2.05, 4.69) is 90.6 Å². The summed E-state index contributed by atoms with van der Waals surface area (Å²) < 4.78 is 0. The maximum atomic E-state index is 11.7. The molecular weight excluding hydrogens is 494 g/mol. The average Bonchev–Trinajstić information content (AvgIpc) is 2.91. The zero-order valence-electron chi connectivity index (χ0n) is 24.8. The van der Waals surface area contributed by atoms with Crippen molar-refractivity contribution in [3.8, 4) is 5.75 Å². The van der Waals surface area contributed by atoms with E-state index in [1.807, 2.05) is 61.1 Å². The number of hydrogen-bond acceptors (Lipinski definition) is 6. The van der Waals surface area contributed by atoms with Crippen LogP contribution in [0.25, 0.3) is 0 Å². The third-order valence-electron chi connectivity index (χ3n) is 7.09. The Morgan fingerprint density at radius 3 is 1.55 bits per heavy atom. The number of pyridine rings is 3. The molecule has 4 aromatic rings. The standard InChI is InChI=1S/C34H43N5O/c1-33(2,3)26-21-30(34(4,5)6)32(40)31(22-26)39(25-29-15-9-12-18-37-29)20-19-38(23-27-13-7-10-16-35-27)24-28-14-8-11-17-36-28/h7-18,21-22,40H,19-20,23-25H2,1-6H3. The van der Waals surface area contributed by atoms with Crippen molar-refractivity contribution in [2.75, 3.05) is 18.0 Å². The molecule has 0 unspecified atom stereocenters. The van der Waals surface area contributed by atoms with Gasteiger partial charge in [0, 0.05) is 50.3 Å². The fraction of sp³-hybridized carbons (Fsp3) is 0.382. The molecule has 210 valence electrons. The molecule has 3 heterocycles. The number of phenols is 1. The molecule has 0 saturated carbocycles. The Morgan fingerprint density at radius 2 is 1.12 bits per heavy atom. The Morgan fingerprint density at radius 1 is 0.625 bits per heavy atom. The first-order valence-electron chi connectivity index (χ1n) is 14.1. The molecule has 6 heteroatoms. The van der Waals surface area contributed by atoms with Crippen LogP contribution in [0.15, 0.2) is 85.3 Å². The summed E-state index contributed by atoms with van der Waals surface area (Å²) in [6, 6.07) is 22.4. The molecule has 3 aromatic heterocycles. The Kier molecular flexibility index (Phi) is 9.21. The molecule has 1 N–H and O–H groups in total. The molecule has 0 atom stereocenters. The van der Waals surface area contributed by atoms with E-state index in [4.69, 9.17) is 0 Å². The van der Waals surface area contributed by atoms with Crippen molar-refractivity contribution in [3.05, 3.63) is 114 Å². The lowest BCUT2D eigenvalue weighted by Gasteiger charge is -2.33. The molecule has 0 saturated heterocycles. The maximum absolute atomic E-state index is 11.7. The number of anilines is 1. The van der Waals surface area contributed by atoms with Gasteiger partial charge in [-0.25, -0.2) is 0 Å². The van der Waals surface area contributed by atoms with E-state index < -0.39 is 0 Å². The van der Waals surface area contributed by atoms with E-state index >= 15 is 0 Å². The minimum atomic E-state index is -0.208. The van der Waals surface area contributed by atoms with Crippen LogP contribution in [-0.4, -0.2) is 38.0 Å². The van der Waals surface area contributed by atoms with Gasteiger partial charge in [0.2, 0.25) is 0 Å². The van der Waals surface area contributed by atoms with E-state index in [1.54, 1.807) is 0 Å². The van der Waals surface area contributed by atoms with Gasteiger partial charge in [0.1, 0.15) is 5.75 Å². The maximum Gasteiger partial charge on any atom is 0.142 e. The van der Waals surface area contributed by atoms with Crippen molar-refractivity contribution in [3.63, 3.8) is 0 Å². The second-order valence-electron chi connectivity index (χ2n) is 12.5. The van der Waals surface area contributed by atoms with Crippen LogP contribution in [0.5, 0.6) is 5.75 Å². The molecule has 1 aromatic carbocycles. The molecule has 0 radical (unpaired) electrons. The number of aromatic hydroxyl groups is 1. The molecule has 0 aliphatic heterocycles. The highest BCUT2D eigenvalue weighted by Crippen LogP contribution is 2.42. The van der Waals surface area contributed by atoms with Crippen LogP contribution in [0.3, 0.4) is 0 Å². The van der Waals surface area contributed by atoms with Crippen LogP contribution < -0.4 is 4.90 Å². The Hall–Kier alpha value is -3.77. The summed E-state index contributed by atoms with van der Waals surface area (Å²) in [4.78, 5) is 18.4. The highest BCUT2D eigenvalue weighted by atomic mass is 16.3. The molecule has 40 heavy (non-hydrogen) atoms. The summed E-state index contributed by atoms with van der Waals surface area (Å²) in [5.74, 6) is 0.345. The van der Waals surface area contributed by atoms with Gasteiger partial charge in [-0.2, -0.15) is 0 Å². The van der Waals surface area contributed by atoms with E-state index in [0.717, 1.165) is 34.9 Å². The minimum absolute atomic E-state index is 0.0664.